The summed E-state index contributed by atoms with van der Waals surface area (Å²) in [6, 6.07) is 15.4. The Labute approximate surface area is 161 Å². The summed E-state index contributed by atoms with van der Waals surface area (Å²) in [6.07, 6.45) is 1.57. The molecular formula is C20H19N3O5. The molecule has 0 radical (unpaired) electrons. The number of furan rings is 1. The fourth-order valence-corrected chi connectivity index (χ4v) is 2.56. The SMILES string of the molecule is COc1ccc(CN/N=C\c2ccc(-c3ccc([N+](=O)[O-])cc3)o2)cc1OC. The number of nitrogens with one attached hydrogen (secondary N) is 1. The largest absolute Gasteiger partial charge is 0.493 e. The van der Waals surface area contributed by atoms with Gasteiger partial charge in [0.1, 0.15) is 11.5 Å². The minimum absolute atomic E-state index is 0.0384. The third-order valence-corrected chi connectivity index (χ3v) is 4.00. The molecule has 1 heterocycles. The molecule has 1 aromatic heterocycles. The quantitative estimate of drug-likeness (QED) is 0.360. The van der Waals surface area contributed by atoms with Crippen LogP contribution in [0.2, 0.25) is 0 Å². The average molecular weight is 381 g/mol. The van der Waals surface area contributed by atoms with E-state index >= 15 is 0 Å². The maximum absolute atomic E-state index is 10.7. The van der Waals surface area contributed by atoms with Gasteiger partial charge >= 0.3 is 0 Å². The van der Waals surface area contributed by atoms with Gasteiger partial charge in [0.25, 0.3) is 5.69 Å². The molecule has 0 bridgehead atoms. The van der Waals surface area contributed by atoms with E-state index in [0.717, 1.165) is 11.1 Å². The number of hydrogen-bond donors (Lipinski definition) is 1. The number of nitro benzene ring substituents is 1. The van der Waals surface area contributed by atoms with Crippen LogP contribution in [0.25, 0.3) is 11.3 Å². The van der Waals surface area contributed by atoms with E-state index in [0.29, 0.717) is 29.6 Å². The highest BCUT2D eigenvalue weighted by atomic mass is 16.6. The molecule has 8 heteroatoms. The Morgan fingerprint density at radius 2 is 1.82 bits per heavy atom. The molecule has 3 rings (SSSR count). The smallest absolute Gasteiger partial charge is 0.269 e. The van der Waals surface area contributed by atoms with Crippen molar-refractivity contribution in [3.05, 3.63) is 76.0 Å². The first-order valence-corrected chi connectivity index (χ1v) is 8.42. The third kappa shape index (κ3) is 4.47. The molecule has 0 unspecified atom stereocenters. The van der Waals surface area contributed by atoms with Crippen molar-refractivity contribution in [1.82, 2.24) is 5.43 Å². The van der Waals surface area contributed by atoms with Crippen LogP contribution in [0, 0.1) is 10.1 Å². The van der Waals surface area contributed by atoms with E-state index in [1.165, 1.54) is 12.1 Å². The van der Waals surface area contributed by atoms with Crippen LogP contribution in [0.3, 0.4) is 0 Å². The number of ether oxygens (including phenoxy) is 2. The van der Waals surface area contributed by atoms with Crippen LogP contribution < -0.4 is 14.9 Å². The molecular weight excluding hydrogens is 362 g/mol. The number of methoxy groups -OCH3 is 2. The molecule has 8 nitrogen and oxygen atoms in total. The summed E-state index contributed by atoms with van der Waals surface area (Å²) in [5, 5.41) is 14.9. The van der Waals surface area contributed by atoms with Gasteiger partial charge < -0.3 is 19.3 Å². The number of non-ortho nitro benzene ring substituents is 1. The zero-order valence-electron chi connectivity index (χ0n) is 15.4. The highest BCUT2D eigenvalue weighted by Gasteiger charge is 2.08. The molecule has 2 aromatic carbocycles. The predicted molar refractivity (Wildman–Crippen MR) is 105 cm³/mol. The standard InChI is InChI=1S/C20H19N3O5/c1-26-19-9-3-14(11-20(19)27-2)12-21-22-13-17-8-10-18(28-17)15-4-6-16(7-5-15)23(24)25/h3-11,13,21H,12H2,1-2H3/b22-13-. The van der Waals surface area contributed by atoms with Gasteiger partial charge in [0.05, 0.1) is 31.9 Å². The lowest BCUT2D eigenvalue weighted by Gasteiger charge is -2.09. The molecule has 28 heavy (non-hydrogen) atoms. The molecule has 0 spiro atoms. The maximum Gasteiger partial charge on any atom is 0.269 e. The first kappa shape index (κ1) is 19.0. The highest BCUT2D eigenvalue weighted by molar-refractivity contribution is 5.77. The van der Waals surface area contributed by atoms with Crippen LogP contribution in [0.15, 0.2) is 64.1 Å². The molecule has 144 valence electrons. The fourth-order valence-electron chi connectivity index (χ4n) is 2.56. The van der Waals surface area contributed by atoms with E-state index in [4.69, 9.17) is 13.9 Å². The second-order valence-electron chi connectivity index (χ2n) is 5.79. The Hall–Kier alpha value is -3.81. The van der Waals surface area contributed by atoms with E-state index in [2.05, 4.69) is 10.5 Å². The van der Waals surface area contributed by atoms with Gasteiger partial charge in [-0.3, -0.25) is 10.1 Å². The van der Waals surface area contributed by atoms with Crippen LogP contribution in [0.4, 0.5) is 5.69 Å². The normalized spacial score (nSPS) is 10.8. The van der Waals surface area contributed by atoms with E-state index in [-0.39, 0.29) is 5.69 Å². The molecule has 0 saturated heterocycles. The maximum atomic E-state index is 10.7. The van der Waals surface area contributed by atoms with Crippen molar-refractivity contribution in [2.45, 2.75) is 6.54 Å². The van der Waals surface area contributed by atoms with Gasteiger partial charge in [0.15, 0.2) is 11.5 Å². The minimum Gasteiger partial charge on any atom is -0.493 e. The summed E-state index contributed by atoms with van der Waals surface area (Å²) >= 11 is 0. The van der Waals surface area contributed by atoms with Crippen molar-refractivity contribution < 1.29 is 18.8 Å². The topological polar surface area (TPSA) is 99.1 Å². The molecule has 0 aliphatic rings. The number of nitrogens with zero attached hydrogens (tertiary/aromatic N) is 2. The molecule has 0 aliphatic heterocycles. The van der Waals surface area contributed by atoms with Crippen molar-refractivity contribution >= 4 is 11.9 Å². The van der Waals surface area contributed by atoms with Crippen LogP contribution in [-0.4, -0.2) is 25.4 Å². The summed E-state index contributed by atoms with van der Waals surface area (Å²) in [6.45, 7) is 0.507. The Kier molecular flexibility index (Phi) is 5.91. The summed E-state index contributed by atoms with van der Waals surface area (Å²) < 4.78 is 16.2. The van der Waals surface area contributed by atoms with Gasteiger partial charge in [0, 0.05) is 17.7 Å². The van der Waals surface area contributed by atoms with Gasteiger partial charge in [-0.1, -0.05) is 6.07 Å². The second-order valence-corrected chi connectivity index (χ2v) is 5.79. The third-order valence-electron chi connectivity index (χ3n) is 4.00. The molecule has 0 fully saturated rings. The van der Waals surface area contributed by atoms with Crippen molar-refractivity contribution in [1.29, 1.82) is 0 Å². The van der Waals surface area contributed by atoms with Crippen molar-refractivity contribution in [2.75, 3.05) is 14.2 Å². The number of nitro groups is 1. The zero-order chi connectivity index (χ0) is 19.9. The van der Waals surface area contributed by atoms with Gasteiger partial charge in [-0.05, 0) is 42.0 Å². The fraction of sp³-hybridized carbons (Fsp3) is 0.150. The summed E-state index contributed by atoms with van der Waals surface area (Å²) in [5.74, 6) is 2.50. The lowest BCUT2D eigenvalue weighted by Crippen LogP contribution is -2.05. The van der Waals surface area contributed by atoms with Gasteiger partial charge in [-0.2, -0.15) is 5.10 Å². The van der Waals surface area contributed by atoms with Gasteiger partial charge in [-0.15, -0.1) is 0 Å². The molecule has 0 aliphatic carbocycles. The van der Waals surface area contributed by atoms with Gasteiger partial charge in [0.2, 0.25) is 0 Å². The Morgan fingerprint density at radius 3 is 2.50 bits per heavy atom. The van der Waals surface area contributed by atoms with Crippen molar-refractivity contribution in [3.63, 3.8) is 0 Å². The van der Waals surface area contributed by atoms with E-state index in [1.54, 1.807) is 44.7 Å². The first-order valence-electron chi connectivity index (χ1n) is 8.42. The summed E-state index contributed by atoms with van der Waals surface area (Å²) in [4.78, 5) is 10.3. The summed E-state index contributed by atoms with van der Waals surface area (Å²) in [7, 11) is 3.18. The molecule has 1 N–H and O–H groups in total. The summed E-state index contributed by atoms with van der Waals surface area (Å²) in [5.41, 5.74) is 4.72. The van der Waals surface area contributed by atoms with Crippen molar-refractivity contribution in [3.8, 4) is 22.8 Å². The first-order chi connectivity index (χ1) is 13.6. The number of rotatable bonds is 8. The van der Waals surface area contributed by atoms with Crippen LogP contribution in [-0.2, 0) is 6.54 Å². The average Bonchev–Trinajstić information content (AvgIpc) is 3.20. The van der Waals surface area contributed by atoms with Gasteiger partial charge in [-0.25, -0.2) is 0 Å². The van der Waals surface area contributed by atoms with E-state index in [1.807, 2.05) is 18.2 Å². The lowest BCUT2D eigenvalue weighted by molar-refractivity contribution is -0.384. The highest BCUT2D eigenvalue weighted by Crippen LogP contribution is 2.27. The molecule has 3 aromatic rings. The molecule has 0 amide bonds. The van der Waals surface area contributed by atoms with Crippen LogP contribution in [0.5, 0.6) is 11.5 Å². The van der Waals surface area contributed by atoms with Crippen LogP contribution in [0.1, 0.15) is 11.3 Å². The predicted octanol–water partition coefficient (Wildman–Crippen LogP) is 4.00. The molecule has 0 saturated carbocycles. The number of hydrazone groups is 1. The molecule has 0 atom stereocenters. The second kappa shape index (κ2) is 8.72. The van der Waals surface area contributed by atoms with E-state index in [9.17, 15) is 10.1 Å². The number of benzene rings is 2. The minimum atomic E-state index is -0.436. The zero-order valence-corrected chi connectivity index (χ0v) is 15.4. The number of hydrogen-bond acceptors (Lipinski definition) is 7. The van der Waals surface area contributed by atoms with Crippen LogP contribution >= 0.6 is 0 Å². The Bertz CT molecular complexity index is 980. The monoisotopic (exact) mass is 381 g/mol. The lowest BCUT2D eigenvalue weighted by atomic mass is 10.1. The van der Waals surface area contributed by atoms with E-state index < -0.39 is 4.92 Å². The Morgan fingerprint density at radius 1 is 1.07 bits per heavy atom. The van der Waals surface area contributed by atoms with Crippen molar-refractivity contribution in [2.24, 2.45) is 5.10 Å². The Balaban J connectivity index is 1.59.